The van der Waals surface area contributed by atoms with Crippen molar-refractivity contribution in [2.45, 2.75) is 20.3 Å². The summed E-state index contributed by atoms with van der Waals surface area (Å²) in [5, 5.41) is 0. The van der Waals surface area contributed by atoms with Crippen LogP contribution in [0.2, 0.25) is 0 Å². The molecule has 1 aliphatic rings. The normalized spacial score (nSPS) is 15.0. The van der Waals surface area contributed by atoms with Gasteiger partial charge in [-0.15, -0.1) is 0 Å². The Balaban J connectivity index is 2.30. The highest BCUT2D eigenvalue weighted by Crippen LogP contribution is 2.34. The van der Waals surface area contributed by atoms with E-state index in [1.54, 1.807) is 0 Å². The maximum atomic E-state index is 5.62. The first kappa shape index (κ1) is 13.0. The Kier molecular flexibility index (Phi) is 4.26. The van der Waals surface area contributed by atoms with Crippen LogP contribution in [-0.2, 0) is 0 Å². The highest BCUT2D eigenvalue weighted by Gasteiger charge is 2.14. The second-order valence-corrected chi connectivity index (χ2v) is 4.75. The molecule has 18 heavy (non-hydrogen) atoms. The molecule has 0 amide bonds. The number of fused-ring (bicyclic) bond motifs is 1. The van der Waals surface area contributed by atoms with Gasteiger partial charge in [0.1, 0.15) is 13.2 Å². The monoisotopic (exact) mass is 247 g/mol. The molecule has 1 heterocycles. The van der Waals surface area contributed by atoms with Crippen LogP contribution >= 0.6 is 0 Å². The van der Waals surface area contributed by atoms with Crippen molar-refractivity contribution in [1.29, 1.82) is 0 Å². The van der Waals surface area contributed by atoms with Gasteiger partial charge in [0.15, 0.2) is 11.5 Å². The molecule has 0 aromatic heterocycles. The van der Waals surface area contributed by atoms with Crippen LogP contribution < -0.4 is 15.2 Å². The van der Waals surface area contributed by atoms with Crippen LogP contribution in [0.4, 0.5) is 0 Å². The number of hydrogen-bond donors (Lipinski definition) is 1. The molecule has 3 heteroatoms. The van der Waals surface area contributed by atoms with E-state index in [0.29, 0.717) is 25.7 Å². The van der Waals surface area contributed by atoms with Crippen LogP contribution in [0.25, 0.3) is 5.57 Å². The lowest BCUT2D eigenvalue weighted by atomic mass is 9.94. The molecule has 0 bridgehead atoms. The lowest BCUT2D eigenvalue weighted by molar-refractivity contribution is 0.171. The molecule has 2 rings (SSSR count). The van der Waals surface area contributed by atoms with Gasteiger partial charge < -0.3 is 15.2 Å². The molecule has 0 saturated heterocycles. The fourth-order valence-corrected chi connectivity index (χ4v) is 2.15. The van der Waals surface area contributed by atoms with Crippen molar-refractivity contribution in [3.05, 3.63) is 29.8 Å². The summed E-state index contributed by atoms with van der Waals surface area (Å²) in [5.41, 5.74) is 8.09. The first-order chi connectivity index (χ1) is 8.72. The fourth-order valence-electron chi connectivity index (χ4n) is 2.15. The first-order valence-corrected chi connectivity index (χ1v) is 6.52. The first-order valence-electron chi connectivity index (χ1n) is 6.52. The Hall–Kier alpha value is -1.48. The van der Waals surface area contributed by atoms with Crippen molar-refractivity contribution >= 4 is 5.57 Å². The summed E-state index contributed by atoms with van der Waals surface area (Å²) in [4.78, 5) is 0. The van der Waals surface area contributed by atoms with Gasteiger partial charge in [0.05, 0.1) is 0 Å². The van der Waals surface area contributed by atoms with E-state index in [1.807, 2.05) is 6.07 Å². The zero-order chi connectivity index (χ0) is 13.0. The Bertz CT molecular complexity index is 438. The standard InChI is InChI=1S/C15H21NO2/c1-11(2)13(4-3-7-16)12-5-6-14-15(10-12)18-9-8-17-14/h4-6,10-11H,3,7-9,16H2,1-2H3/b13-4+. The van der Waals surface area contributed by atoms with Crippen molar-refractivity contribution in [2.24, 2.45) is 11.7 Å². The molecule has 0 unspecified atom stereocenters. The maximum absolute atomic E-state index is 5.62. The van der Waals surface area contributed by atoms with Gasteiger partial charge >= 0.3 is 0 Å². The van der Waals surface area contributed by atoms with Crippen LogP contribution in [-0.4, -0.2) is 19.8 Å². The fraction of sp³-hybridized carbons (Fsp3) is 0.467. The van der Waals surface area contributed by atoms with E-state index in [9.17, 15) is 0 Å². The van der Waals surface area contributed by atoms with Crippen molar-refractivity contribution in [1.82, 2.24) is 0 Å². The molecule has 98 valence electrons. The topological polar surface area (TPSA) is 44.5 Å². The molecule has 0 spiro atoms. The molecule has 1 aromatic carbocycles. The van der Waals surface area contributed by atoms with Gasteiger partial charge in [-0.3, -0.25) is 0 Å². The molecule has 1 aromatic rings. The number of hydrogen-bond acceptors (Lipinski definition) is 3. The summed E-state index contributed by atoms with van der Waals surface area (Å²) >= 11 is 0. The third kappa shape index (κ3) is 2.85. The van der Waals surface area contributed by atoms with Crippen molar-refractivity contribution in [3.63, 3.8) is 0 Å². The van der Waals surface area contributed by atoms with E-state index in [2.05, 4.69) is 32.1 Å². The third-order valence-electron chi connectivity index (χ3n) is 3.03. The lowest BCUT2D eigenvalue weighted by Gasteiger charge is -2.20. The largest absolute Gasteiger partial charge is 0.486 e. The van der Waals surface area contributed by atoms with Crippen molar-refractivity contribution in [2.75, 3.05) is 19.8 Å². The Morgan fingerprint density at radius 3 is 2.67 bits per heavy atom. The van der Waals surface area contributed by atoms with Gasteiger partial charge in [-0.05, 0) is 42.2 Å². The quantitative estimate of drug-likeness (QED) is 0.889. The summed E-state index contributed by atoms with van der Waals surface area (Å²) in [5.74, 6) is 2.16. The predicted octanol–water partition coefficient (Wildman–Crippen LogP) is 2.85. The number of rotatable bonds is 4. The summed E-state index contributed by atoms with van der Waals surface area (Å²) in [6.07, 6.45) is 3.12. The van der Waals surface area contributed by atoms with E-state index in [-0.39, 0.29) is 0 Å². The molecule has 1 aliphatic heterocycles. The lowest BCUT2D eigenvalue weighted by Crippen LogP contribution is -2.15. The van der Waals surface area contributed by atoms with Crippen molar-refractivity contribution < 1.29 is 9.47 Å². The van der Waals surface area contributed by atoms with Gasteiger partial charge in [0, 0.05) is 0 Å². The molecular weight excluding hydrogens is 226 g/mol. The van der Waals surface area contributed by atoms with Gasteiger partial charge in [-0.25, -0.2) is 0 Å². The Labute approximate surface area is 109 Å². The van der Waals surface area contributed by atoms with E-state index < -0.39 is 0 Å². The number of nitrogens with two attached hydrogens (primary N) is 1. The summed E-state index contributed by atoms with van der Waals surface area (Å²) in [7, 11) is 0. The smallest absolute Gasteiger partial charge is 0.161 e. The molecular formula is C15H21NO2. The Morgan fingerprint density at radius 2 is 2.00 bits per heavy atom. The molecule has 3 nitrogen and oxygen atoms in total. The molecule has 2 N–H and O–H groups in total. The second-order valence-electron chi connectivity index (χ2n) is 4.75. The number of allylic oxidation sites excluding steroid dienone is 1. The van der Waals surface area contributed by atoms with Crippen LogP contribution in [0.1, 0.15) is 25.8 Å². The average Bonchev–Trinajstić information content (AvgIpc) is 2.38. The number of ether oxygens (including phenoxy) is 2. The second kappa shape index (κ2) is 5.91. The molecule has 0 saturated carbocycles. The average molecular weight is 247 g/mol. The van der Waals surface area contributed by atoms with Crippen molar-refractivity contribution in [3.8, 4) is 11.5 Å². The zero-order valence-electron chi connectivity index (χ0n) is 11.1. The minimum absolute atomic E-state index is 0.471. The van der Waals surface area contributed by atoms with Gasteiger partial charge in [0.25, 0.3) is 0 Å². The maximum Gasteiger partial charge on any atom is 0.161 e. The molecule has 0 fully saturated rings. The van der Waals surface area contributed by atoms with E-state index >= 15 is 0 Å². The number of benzene rings is 1. The highest BCUT2D eigenvalue weighted by atomic mass is 16.6. The third-order valence-corrected chi connectivity index (χ3v) is 3.03. The van der Waals surface area contributed by atoms with Crippen LogP contribution in [0.5, 0.6) is 11.5 Å². The van der Waals surface area contributed by atoms with E-state index in [0.717, 1.165) is 17.9 Å². The molecule has 0 aliphatic carbocycles. The summed E-state index contributed by atoms with van der Waals surface area (Å²) < 4.78 is 11.2. The van der Waals surface area contributed by atoms with Gasteiger partial charge in [-0.1, -0.05) is 26.0 Å². The SMILES string of the molecule is CC(C)/C(=C\CCN)c1ccc2c(c1)OCCO2. The van der Waals surface area contributed by atoms with Crippen LogP contribution in [0.15, 0.2) is 24.3 Å². The zero-order valence-corrected chi connectivity index (χ0v) is 11.1. The molecule has 0 atom stereocenters. The van der Waals surface area contributed by atoms with Gasteiger partial charge in [0.2, 0.25) is 0 Å². The van der Waals surface area contributed by atoms with E-state index in [1.165, 1.54) is 11.1 Å². The summed E-state index contributed by atoms with van der Waals surface area (Å²) in [6.45, 7) is 6.32. The van der Waals surface area contributed by atoms with Crippen LogP contribution in [0, 0.1) is 5.92 Å². The van der Waals surface area contributed by atoms with Crippen LogP contribution in [0.3, 0.4) is 0 Å². The molecule has 0 radical (unpaired) electrons. The summed E-state index contributed by atoms with van der Waals surface area (Å²) in [6, 6.07) is 6.15. The Morgan fingerprint density at radius 1 is 1.28 bits per heavy atom. The van der Waals surface area contributed by atoms with E-state index in [4.69, 9.17) is 15.2 Å². The predicted molar refractivity (Wildman–Crippen MR) is 73.9 cm³/mol. The minimum atomic E-state index is 0.471. The minimum Gasteiger partial charge on any atom is -0.486 e. The van der Waals surface area contributed by atoms with Gasteiger partial charge in [-0.2, -0.15) is 0 Å². The highest BCUT2D eigenvalue weighted by molar-refractivity contribution is 5.69.